The van der Waals surface area contributed by atoms with Crippen molar-refractivity contribution in [2.24, 2.45) is 5.92 Å². The number of hydrogen-bond donors (Lipinski definition) is 0. The standard InChI is InChI=1S/C15H16N2O3S2/c18-13(17-7-5-10(6-8-17)14(19)20)9-21-15-16-11-3-1-2-4-12(11)22-15/h1-4,10H,5-9H2,(H,19,20)/p-1. The van der Waals surface area contributed by atoms with Gasteiger partial charge in [0.25, 0.3) is 0 Å². The van der Waals surface area contributed by atoms with Crippen LogP contribution in [0.5, 0.6) is 0 Å². The second-order valence-corrected chi connectivity index (χ2v) is 7.46. The highest BCUT2D eigenvalue weighted by Gasteiger charge is 2.23. The number of thiazole rings is 1. The van der Waals surface area contributed by atoms with Crippen molar-refractivity contribution < 1.29 is 14.7 Å². The summed E-state index contributed by atoms with van der Waals surface area (Å²) in [6, 6.07) is 7.90. The number of piperidine rings is 1. The molecule has 7 heteroatoms. The maximum atomic E-state index is 12.2. The smallest absolute Gasteiger partial charge is 0.233 e. The summed E-state index contributed by atoms with van der Waals surface area (Å²) in [5.74, 6) is -1.03. The van der Waals surface area contributed by atoms with Gasteiger partial charge in [0.15, 0.2) is 4.34 Å². The number of hydrogen-bond acceptors (Lipinski definition) is 6. The van der Waals surface area contributed by atoms with E-state index < -0.39 is 11.9 Å². The highest BCUT2D eigenvalue weighted by molar-refractivity contribution is 8.01. The third kappa shape index (κ3) is 3.41. The van der Waals surface area contributed by atoms with Crippen molar-refractivity contribution >= 4 is 45.2 Å². The lowest BCUT2D eigenvalue weighted by atomic mass is 9.97. The molecule has 1 saturated heterocycles. The molecule has 0 bridgehead atoms. The molecule has 3 rings (SSSR count). The molecular formula is C15H15N2O3S2-. The minimum atomic E-state index is -1.00. The zero-order chi connectivity index (χ0) is 15.5. The highest BCUT2D eigenvalue weighted by Crippen LogP contribution is 2.29. The van der Waals surface area contributed by atoms with E-state index in [1.807, 2.05) is 24.3 Å². The lowest BCUT2D eigenvalue weighted by Gasteiger charge is -2.32. The molecule has 0 spiro atoms. The molecule has 0 aliphatic carbocycles. The number of carbonyl (C=O) groups is 2. The molecule has 1 aromatic carbocycles. The molecule has 0 radical (unpaired) electrons. The molecule has 0 N–H and O–H groups in total. The molecule has 0 atom stereocenters. The van der Waals surface area contributed by atoms with E-state index in [2.05, 4.69) is 4.98 Å². The number of aliphatic carboxylic acids is 1. The summed E-state index contributed by atoms with van der Waals surface area (Å²) in [6.07, 6.45) is 0.972. The fourth-order valence-electron chi connectivity index (χ4n) is 2.49. The van der Waals surface area contributed by atoms with Gasteiger partial charge in [-0.3, -0.25) is 4.79 Å². The normalized spacial score (nSPS) is 16.1. The van der Waals surface area contributed by atoms with Gasteiger partial charge in [0, 0.05) is 25.0 Å². The number of benzene rings is 1. The van der Waals surface area contributed by atoms with Crippen LogP contribution < -0.4 is 5.11 Å². The Kier molecular flexibility index (Phi) is 4.63. The van der Waals surface area contributed by atoms with Gasteiger partial charge in [-0.15, -0.1) is 11.3 Å². The van der Waals surface area contributed by atoms with E-state index in [1.54, 1.807) is 16.2 Å². The van der Waals surface area contributed by atoms with E-state index in [-0.39, 0.29) is 5.91 Å². The maximum Gasteiger partial charge on any atom is 0.233 e. The second-order valence-electron chi connectivity index (χ2n) is 5.21. The van der Waals surface area contributed by atoms with Gasteiger partial charge in [0.2, 0.25) is 5.91 Å². The number of carboxylic acid groups (broad SMARTS) is 1. The molecule has 116 valence electrons. The Hall–Kier alpha value is -1.60. The minimum absolute atomic E-state index is 0.0426. The third-order valence-electron chi connectivity index (χ3n) is 3.77. The number of aromatic nitrogens is 1. The van der Waals surface area contributed by atoms with Crippen LogP contribution >= 0.6 is 23.1 Å². The Morgan fingerprint density at radius 2 is 2.05 bits per heavy atom. The number of carbonyl (C=O) groups excluding carboxylic acids is 2. The van der Waals surface area contributed by atoms with Gasteiger partial charge in [-0.2, -0.15) is 0 Å². The quantitative estimate of drug-likeness (QED) is 0.789. The van der Waals surface area contributed by atoms with Crippen LogP contribution in [-0.2, 0) is 9.59 Å². The van der Waals surface area contributed by atoms with E-state index in [4.69, 9.17) is 0 Å². The number of likely N-dealkylation sites (tertiary alicyclic amines) is 1. The number of nitrogens with zero attached hydrogens (tertiary/aromatic N) is 2. The average Bonchev–Trinajstić information content (AvgIpc) is 2.95. The molecule has 2 heterocycles. The Labute approximate surface area is 136 Å². The zero-order valence-electron chi connectivity index (χ0n) is 11.9. The summed E-state index contributed by atoms with van der Waals surface area (Å²) in [6.45, 7) is 0.996. The van der Waals surface area contributed by atoms with Gasteiger partial charge in [0.1, 0.15) is 0 Å². The summed E-state index contributed by atoms with van der Waals surface area (Å²) >= 11 is 3.03. The van der Waals surface area contributed by atoms with Crippen molar-refractivity contribution in [3.05, 3.63) is 24.3 Å². The summed E-state index contributed by atoms with van der Waals surface area (Å²) in [7, 11) is 0. The number of fused-ring (bicyclic) bond motifs is 1. The predicted molar refractivity (Wildman–Crippen MR) is 84.7 cm³/mol. The van der Waals surface area contributed by atoms with E-state index in [0.717, 1.165) is 14.6 Å². The van der Waals surface area contributed by atoms with Gasteiger partial charge in [-0.25, -0.2) is 4.98 Å². The summed E-state index contributed by atoms with van der Waals surface area (Å²) in [5, 5.41) is 10.8. The average molecular weight is 335 g/mol. The molecule has 5 nitrogen and oxygen atoms in total. The fraction of sp³-hybridized carbons (Fsp3) is 0.400. The first-order valence-electron chi connectivity index (χ1n) is 7.10. The molecule has 1 aliphatic heterocycles. The van der Waals surface area contributed by atoms with Crippen LogP contribution in [0, 0.1) is 5.92 Å². The Morgan fingerprint density at radius 1 is 1.32 bits per heavy atom. The lowest BCUT2D eigenvalue weighted by Crippen LogP contribution is -2.44. The number of para-hydroxylation sites is 1. The molecule has 2 aromatic rings. The first kappa shape index (κ1) is 15.3. The summed E-state index contributed by atoms with van der Waals surface area (Å²) in [4.78, 5) is 29.2. The fourth-order valence-corrected chi connectivity index (χ4v) is 4.46. The number of carboxylic acids is 1. The minimum Gasteiger partial charge on any atom is -0.550 e. The Morgan fingerprint density at radius 3 is 2.73 bits per heavy atom. The Bertz CT molecular complexity index is 660. The molecule has 22 heavy (non-hydrogen) atoms. The van der Waals surface area contributed by atoms with Crippen LogP contribution in [0.15, 0.2) is 28.6 Å². The summed E-state index contributed by atoms with van der Waals surface area (Å²) in [5.41, 5.74) is 0.956. The summed E-state index contributed by atoms with van der Waals surface area (Å²) < 4.78 is 2.01. The molecule has 0 unspecified atom stereocenters. The monoisotopic (exact) mass is 335 g/mol. The van der Waals surface area contributed by atoms with Crippen LogP contribution in [0.1, 0.15) is 12.8 Å². The first-order chi connectivity index (χ1) is 10.6. The van der Waals surface area contributed by atoms with E-state index in [9.17, 15) is 14.7 Å². The van der Waals surface area contributed by atoms with Gasteiger partial charge in [-0.1, -0.05) is 23.9 Å². The largest absolute Gasteiger partial charge is 0.550 e. The first-order valence-corrected chi connectivity index (χ1v) is 8.90. The third-order valence-corrected chi connectivity index (χ3v) is 5.94. The Balaban J connectivity index is 1.53. The molecule has 1 aromatic heterocycles. The number of rotatable bonds is 4. The van der Waals surface area contributed by atoms with Crippen molar-refractivity contribution in [3.63, 3.8) is 0 Å². The van der Waals surface area contributed by atoms with Crippen LogP contribution in [0.2, 0.25) is 0 Å². The number of amides is 1. The maximum absolute atomic E-state index is 12.2. The van der Waals surface area contributed by atoms with Gasteiger partial charge < -0.3 is 14.8 Å². The van der Waals surface area contributed by atoms with Crippen molar-refractivity contribution in [3.8, 4) is 0 Å². The number of thioether (sulfide) groups is 1. The van der Waals surface area contributed by atoms with Crippen molar-refractivity contribution in [2.45, 2.75) is 17.2 Å². The van der Waals surface area contributed by atoms with Crippen LogP contribution in [0.3, 0.4) is 0 Å². The highest BCUT2D eigenvalue weighted by atomic mass is 32.2. The van der Waals surface area contributed by atoms with Gasteiger partial charge in [-0.05, 0) is 25.0 Å². The van der Waals surface area contributed by atoms with Gasteiger partial charge >= 0.3 is 0 Å². The van der Waals surface area contributed by atoms with E-state index >= 15 is 0 Å². The molecule has 1 fully saturated rings. The zero-order valence-corrected chi connectivity index (χ0v) is 13.5. The molecule has 1 amide bonds. The van der Waals surface area contributed by atoms with E-state index in [0.29, 0.717) is 31.7 Å². The molecule has 0 saturated carbocycles. The topological polar surface area (TPSA) is 73.3 Å². The van der Waals surface area contributed by atoms with Crippen molar-refractivity contribution in [2.75, 3.05) is 18.8 Å². The van der Waals surface area contributed by atoms with Crippen LogP contribution in [-0.4, -0.2) is 40.6 Å². The van der Waals surface area contributed by atoms with Crippen molar-refractivity contribution in [1.82, 2.24) is 9.88 Å². The second kappa shape index (κ2) is 6.66. The molecular weight excluding hydrogens is 320 g/mol. The molecule has 1 aliphatic rings. The predicted octanol–water partition coefficient (Wildman–Crippen LogP) is 1.38. The van der Waals surface area contributed by atoms with E-state index in [1.165, 1.54) is 11.8 Å². The van der Waals surface area contributed by atoms with Gasteiger partial charge in [0.05, 0.1) is 16.0 Å². The van der Waals surface area contributed by atoms with Crippen molar-refractivity contribution in [1.29, 1.82) is 0 Å². The SMILES string of the molecule is O=C([O-])C1CCN(C(=O)CSc2nc3ccccc3s2)CC1. The lowest BCUT2D eigenvalue weighted by molar-refractivity contribution is -0.312. The van der Waals surface area contributed by atoms with Crippen LogP contribution in [0.4, 0.5) is 0 Å². The van der Waals surface area contributed by atoms with Crippen LogP contribution in [0.25, 0.3) is 10.2 Å².